The SMILES string of the molecule is COC(=O)c1cn2c(cc1=O)-c1cc(OC)c(O)c(F)c1[C@H]1CCC(C)(C)N12.COC(=O)c1cn2c(cc1=O)-c1cc(OC)c(O)cc1[C@H]1CCC(C)(C)N12.COCCCOc1c(OC)cc2c(c1F)[C@H]1CCC(C)(C)N1n1cc(C(C)=O)c(=O)cc1-2. The van der Waals surface area contributed by atoms with Gasteiger partial charge in [0, 0.05) is 84.7 Å². The molecule has 0 radical (unpaired) electrons. The van der Waals surface area contributed by atoms with Crippen molar-refractivity contribution in [1.29, 1.82) is 0 Å². The molecule has 0 unspecified atom stereocenters. The third kappa shape index (κ3) is 10.2. The molecule has 0 spiro atoms. The van der Waals surface area contributed by atoms with Crippen LogP contribution >= 0.6 is 0 Å². The van der Waals surface area contributed by atoms with Crippen molar-refractivity contribution in [2.75, 3.05) is 70.9 Å². The number of halogens is 2. The number of phenolic OH excluding ortho intramolecular Hbond substituents is 2. The first-order chi connectivity index (χ1) is 41.2. The van der Waals surface area contributed by atoms with E-state index in [9.17, 15) is 39.0 Å². The highest BCUT2D eigenvalue weighted by molar-refractivity contribution is 5.94. The van der Waals surface area contributed by atoms with E-state index >= 15 is 8.78 Å². The van der Waals surface area contributed by atoms with Crippen LogP contribution in [0.15, 0.2) is 75.4 Å². The summed E-state index contributed by atoms with van der Waals surface area (Å²) in [5.74, 6) is -2.72. The monoisotopic (exact) mass is 1200 g/mol. The van der Waals surface area contributed by atoms with Crippen molar-refractivity contribution in [2.45, 2.75) is 128 Å². The number of Topliss-reactive ketones (excluding diaryl/α,β-unsaturated/α-hetero) is 1. The molecular weight excluding hydrogens is 1130 g/mol. The van der Waals surface area contributed by atoms with Crippen LogP contribution in [0.4, 0.5) is 8.78 Å². The molecule has 0 saturated carbocycles. The van der Waals surface area contributed by atoms with Gasteiger partial charge in [-0.1, -0.05) is 0 Å². The summed E-state index contributed by atoms with van der Waals surface area (Å²) in [5, 5.41) is 26.7. The average Bonchev–Trinajstić information content (AvgIpc) is 1.72. The number of esters is 2. The van der Waals surface area contributed by atoms with Crippen molar-refractivity contribution in [3.05, 3.63) is 137 Å². The summed E-state index contributed by atoms with van der Waals surface area (Å²) in [7, 11) is 8.37. The van der Waals surface area contributed by atoms with Crippen LogP contribution in [0, 0.1) is 11.6 Å². The zero-order chi connectivity index (χ0) is 63.1. The lowest BCUT2D eigenvalue weighted by molar-refractivity contribution is 0.0589. The summed E-state index contributed by atoms with van der Waals surface area (Å²) in [6.45, 7) is 14.6. The van der Waals surface area contributed by atoms with Gasteiger partial charge in [-0.15, -0.1) is 0 Å². The van der Waals surface area contributed by atoms with Gasteiger partial charge in [0.25, 0.3) is 0 Å². The molecule has 9 heterocycles. The predicted octanol–water partition coefficient (Wildman–Crippen LogP) is 9.15. The maximum absolute atomic E-state index is 16.0. The quantitative estimate of drug-likeness (QED) is 0.0699. The molecule has 87 heavy (non-hydrogen) atoms. The number of carbonyl (C=O) groups excluding carboxylic acids is 3. The molecule has 21 nitrogen and oxygen atoms in total. The fourth-order valence-corrected chi connectivity index (χ4v) is 13.5. The number of carbonyl (C=O) groups is 3. The number of ether oxygens (including phenoxy) is 7. The third-order valence-corrected chi connectivity index (χ3v) is 17.7. The minimum Gasteiger partial charge on any atom is -0.504 e. The van der Waals surface area contributed by atoms with Crippen molar-refractivity contribution in [1.82, 2.24) is 14.0 Å². The molecule has 3 saturated heterocycles. The summed E-state index contributed by atoms with van der Waals surface area (Å²) in [6.07, 6.45) is 10.0. The Morgan fingerprint density at radius 3 is 1.41 bits per heavy atom. The van der Waals surface area contributed by atoms with Gasteiger partial charge in [-0.05, 0) is 117 Å². The topological polar surface area (TPSA) is 232 Å². The number of benzene rings is 3. The summed E-state index contributed by atoms with van der Waals surface area (Å²) in [4.78, 5) is 74.0. The Hall–Kier alpha value is -8.86. The zero-order valence-electron chi connectivity index (χ0n) is 51.0. The second kappa shape index (κ2) is 22.8. The van der Waals surface area contributed by atoms with Crippen LogP contribution in [-0.4, -0.2) is 114 Å². The number of aromatic hydroxyl groups is 2. The predicted molar refractivity (Wildman–Crippen MR) is 319 cm³/mol. The molecule has 6 aliphatic rings. The molecule has 462 valence electrons. The minimum absolute atomic E-state index is 0.00288. The van der Waals surface area contributed by atoms with Crippen LogP contribution in [0.25, 0.3) is 33.8 Å². The van der Waals surface area contributed by atoms with E-state index in [1.807, 2.05) is 28.2 Å². The number of rotatable bonds is 11. The molecular formula is C64H72F2N6O15. The number of aromatic nitrogens is 3. The van der Waals surface area contributed by atoms with Crippen LogP contribution in [0.5, 0.6) is 34.5 Å². The van der Waals surface area contributed by atoms with Crippen LogP contribution in [0.1, 0.15) is 159 Å². The molecule has 2 N–H and O–H groups in total. The van der Waals surface area contributed by atoms with Gasteiger partial charge in [0.1, 0.15) is 11.1 Å². The van der Waals surface area contributed by atoms with E-state index in [0.29, 0.717) is 64.5 Å². The van der Waals surface area contributed by atoms with E-state index < -0.39 is 40.2 Å². The van der Waals surface area contributed by atoms with Gasteiger partial charge in [-0.25, -0.2) is 18.4 Å². The number of fused-ring (bicyclic) bond motifs is 18. The second-order valence-electron chi connectivity index (χ2n) is 24.2. The Kier molecular flexibility index (Phi) is 16.0. The molecule has 3 atom stereocenters. The molecule has 3 aromatic carbocycles. The number of ketones is 1. The fourth-order valence-electron chi connectivity index (χ4n) is 13.5. The molecule has 23 heteroatoms. The van der Waals surface area contributed by atoms with Gasteiger partial charge >= 0.3 is 11.9 Å². The molecule has 0 amide bonds. The molecule has 0 bridgehead atoms. The number of phenols is 2. The van der Waals surface area contributed by atoms with E-state index in [1.165, 1.54) is 72.9 Å². The highest BCUT2D eigenvalue weighted by Crippen LogP contribution is 2.55. The molecule has 3 fully saturated rings. The maximum Gasteiger partial charge on any atom is 0.343 e. The van der Waals surface area contributed by atoms with Gasteiger partial charge in [-0.2, -0.15) is 0 Å². The van der Waals surface area contributed by atoms with Crippen molar-refractivity contribution in [3.63, 3.8) is 0 Å². The molecule has 12 rings (SSSR count). The van der Waals surface area contributed by atoms with Gasteiger partial charge in [0.2, 0.25) is 0 Å². The number of hydrogen-bond acceptors (Lipinski definition) is 18. The molecule has 6 aromatic rings. The van der Waals surface area contributed by atoms with E-state index in [0.717, 1.165) is 43.2 Å². The lowest BCUT2D eigenvalue weighted by atomic mass is 9.92. The highest BCUT2D eigenvalue weighted by Gasteiger charge is 2.50. The lowest BCUT2D eigenvalue weighted by Gasteiger charge is -2.44. The fraction of sp³-hybridized carbons (Fsp3) is 0.438. The summed E-state index contributed by atoms with van der Waals surface area (Å²) in [5.41, 5.74) is 3.11. The minimum atomic E-state index is -0.752. The number of nitrogens with zero attached hydrogens (tertiary/aromatic N) is 6. The average molecular weight is 1200 g/mol. The highest BCUT2D eigenvalue weighted by atomic mass is 19.1. The summed E-state index contributed by atoms with van der Waals surface area (Å²) >= 11 is 0. The van der Waals surface area contributed by atoms with Crippen molar-refractivity contribution < 1.29 is 66.5 Å². The normalized spacial score (nSPS) is 18.7. The second-order valence-corrected chi connectivity index (χ2v) is 24.2. The smallest absolute Gasteiger partial charge is 0.343 e. The lowest BCUT2D eigenvalue weighted by Crippen LogP contribution is -2.50. The molecule has 6 aliphatic heterocycles. The first-order valence-electron chi connectivity index (χ1n) is 28.6. The van der Waals surface area contributed by atoms with E-state index in [4.69, 9.17) is 33.2 Å². The first-order valence-corrected chi connectivity index (χ1v) is 28.6. The Morgan fingerprint density at radius 2 is 0.954 bits per heavy atom. The number of hydrogen-bond donors (Lipinski definition) is 2. The van der Waals surface area contributed by atoms with Crippen LogP contribution in [-0.2, 0) is 14.2 Å². The van der Waals surface area contributed by atoms with Gasteiger partial charge in [-0.3, -0.25) is 48.2 Å². The van der Waals surface area contributed by atoms with Crippen LogP contribution < -0.4 is 50.3 Å². The van der Waals surface area contributed by atoms with Crippen LogP contribution in [0.3, 0.4) is 0 Å². The third-order valence-electron chi connectivity index (χ3n) is 17.7. The largest absolute Gasteiger partial charge is 0.504 e. The summed E-state index contributed by atoms with van der Waals surface area (Å²) in [6, 6.07) is 10.3. The Bertz CT molecular complexity index is 4000. The maximum atomic E-state index is 16.0. The zero-order valence-corrected chi connectivity index (χ0v) is 51.0. The van der Waals surface area contributed by atoms with E-state index in [1.54, 1.807) is 42.4 Å². The van der Waals surface area contributed by atoms with E-state index in [2.05, 4.69) is 37.7 Å². The summed E-state index contributed by atoms with van der Waals surface area (Å²) < 4.78 is 72.8. The van der Waals surface area contributed by atoms with Crippen molar-refractivity contribution >= 4 is 17.7 Å². The molecule has 3 aromatic heterocycles. The van der Waals surface area contributed by atoms with Gasteiger partial charge in [0.15, 0.2) is 68.2 Å². The van der Waals surface area contributed by atoms with Crippen molar-refractivity contribution in [2.24, 2.45) is 0 Å². The standard InChI is InChI=1S/C24H29FN2O5.C20H21FN2O5.C20H22N2O5/c1-14(28)16-13-26-18(12-19(16)29)15-11-20(31-5)23(32-10-6-9-30-4)22(25)21(15)17-7-8-24(2,3)27(17)26;1-20(2)6-5-12-16-10(7-15(27-3)18(25)17(16)21)13-8-14(24)11(19(26)28-4)9-22(13)23(12)20;1-20(2)6-5-14-11-7-17(24)18(26-3)8-12(11)15-9-16(23)13(19(25)27-4)10-21(15)22(14)20/h11-13,17H,6-10H2,1-5H3;7-9,12,25H,5-6H2,1-4H3;7-10,14,24H,5-6H2,1-4H3/t17-;12-;14-/m111/s1. The first kappa shape index (κ1) is 61.2. The number of pyridine rings is 3. The van der Waals surface area contributed by atoms with E-state index in [-0.39, 0.29) is 92.2 Å². The Balaban J connectivity index is 0.000000145. The molecule has 0 aliphatic carbocycles. The van der Waals surface area contributed by atoms with Crippen molar-refractivity contribution in [3.8, 4) is 68.3 Å². The van der Waals surface area contributed by atoms with Gasteiger partial charge < -0.3 is 43.4 Å². The van der Waals surface area contributed by atoms with Gasteiger partial charge in [0.05, 0.1) is 99.5 Å². The van der Waals surface area contributed by atoms with Crippen LogP contribution in [0.2, 0.25) is 0 Å². The Morgan fingerprint density at radius 1 is 0.540 bits per heavy atom. The Labute approximate surface area is 500 Å². The number of methoxy groups -OCH3 is 6.